The van der Waals surface area contributed by atoms with Gasteiger partial charge in [-0.05, 0) is 35.0 Å². The van der Waals surface area contributed by atoms with Crippen molar-refractivity contribution in [2.45, 2.75) is 19.5 Å². The third-order valence-electron chi connectivity index (χ3n) is 3.69. The molecule has 0 saturated heterocycles. The number of hydrogen-bond donors (Lipinski definition) is 1. The minimum Gasteiger partial charge on any atom is -0.306 e. The molecule has 0 bridgehead atoms. The Bertz CT molecular complexity index is 938. The predicted octanol–water partition coefficient (Wildman–Crippen LogP) is 4.54. The van der Waals surface area contributed by atoms with Crippen molar-refractivity contribution in [3.63, 3.8) is 0 Å². The van der Waals surface area contributed by atoms with Crippen LogP contribution < -0.4 is 5.32 Å². The van der Waals surface area contributed by atoms with Crippen molar-refractivity contribution in [1.82, 2.24) is 19.6 Å². The number of carbonyl (C=O) groups is 1. The summed E-state index contributed by atoms with van der Waals surface area (Å²) in [4.78, 5) is 12.4. The van der Waals surface area contributed by atoms with Crippen LogP contribution in [0.5, 0.6) is 0 Å². The molecule has 1 amide bonds. The number of nitrogens with one attached hydrogen (secondary N) is 1. The molecule has 0 aliphatic heterocycles. The third-order valence-corrected chi connectivity index (χ3v) is 4.73. The zero-order chi connectivity index (χ0) is 18.8. The first-order chi connectivity index (χ1) is 12.3. The number of halogens is 4. The van der Waals surface area contributed by atoms with E-state index >= 15 is 0 Å². The van der Waals surface area contributed by atoms with E-state index in [4.69, 9.17) is 23.2 Å². The van der Waals surface area contributed by atoms with Crippen molar-refractivity contribution in [3.8, 4) is 0 Å². The van der Waals surface area contributed by atoms with Crippen molar-refractivity contribution < 1.29 is 9.18 Å². The highest BCUT2D eigenvalue weighted by Gasteiger charge is 2.19. The summed E-state index contributed by atoms with van der Waals surface area (Å²) in [6.07, 6.45) is 4.77. The molecule has 2 aromatic heterocycles. The predicted molar refractivity (Wildman–Crippen MR) is 101 cm³/mol. The van der Waals surface area contributed by atoms with Crippen LogP contribution in [0.15, 0.2) is 41.3 Å². The second kappa shape index (κ2) is 7.77. The third kappa shape index (κ3) is 4.08. The van der Waals surface area contributed by atoms with Gasteiger partial charge in [-0.25, -0.2) is 4.39 Å². The summed E-state index contributed by atoms with van der Waals surface area (Å²) in [5, 5.41) is 11.4. The molecule has 136 valence electrons. The Labute approximate surface area is 167 Å². The maximum absolute atomic E-state index is 13.9. The standard InChI is InChI=1S/C16H13BrCl2FN5O/c1-9(25-6-10(17)5-21-25)16(26)22-15-13(19)8-24(23-15)7-11-12(18)3-2-4-14(11)20/h2-6,8-9H,7H2,1H3,(H,22,23,26). The molecule has 0 spiro atoms. The summed E-state index contributed by atoms with van der Waals surface area (Å²) in [6, 6.07) is 3.87. The zero-order valence-corrected chi connectivity index (χ0v) is 16.6. The van der Waals surface area contributed by atoms with Gasteiger partial charge >= 0.3 is 0 Å². The quantitative estimate of drug-likeness (QED) is 0.608. The Morgan fingerprint density at radius 2 is 2.12 bits per heavy atom. The molecule has 0 saturated carbocycles. The van der Waals surface area contributed by atoms with Gasteiger partial charge in [0.1, 0.15) is 16.9 Å². The average molecular weight is 461 g/mol. The molecule has 0 aliphatic carbocycles. The second-order valence-corrected chi connectivity index (χ2v) is 7.26. The van der Waals surface area contributed by atoms with Crippen LogP contribution in [0.25, 0.3) is 0 Å². The van der Waals surface area contributed by atoms with Crippen LogP contribution in [0.2, 0.25) is 10.0 Å². The van der Waals surface area contributed by atoms with Gasteiger partial charge < -0.3 is 5.32 Å². The van der Waals surface area contributed by atoms with E-state index in [2.05, 4.69) is 31.4 Å². The highest BCUT2D eigenvalue weighted by Crippen LogP contribution is 2.24. The number of hydrogen-bond acceptors (Lipinski definition) is 3. The Kier molecular flexibility index (Phi) is 5.64. The number of amides is 1. The lowest BCUT2D eigenvalue weighted by molar-refractivity contribution is -0.119. The molecule has 3 aromatic rings. The van der Waals surface area contributed by atoms with Crippen LogP contribution in [0.4, 0.5) is 10.2 Å². The van der Waals surface area contributed by atoms with Crippen molar-refractivity contribution in [2.24, 2.45) is 0 Å². The highest BCUT2D eigenvalue weighted by atomic mass is 79.9. The first-order valence-corrected chi connectivity index (χ1v) is 9.06. The molecular weight excluding hydrogens is 448 g/mol. The lowest BCUT2D eigenvalue weighted by Crippen LogP contribution is -2.24. The van der Waals surface area contributed by atoms with E-state index in [-0.39, 0.29) is 23.3 Å². The molecule has 26 heavy (non-hydrogen) atoms. The largest absolute Gasteiger partial charge is 0.306 e. The van der Waals surface area contributed by atoms with Gasteiger partial charge in [-0.3, -0.25) is 14.2 Å². The van der Waals surface area contributed by atoms with E-state index in [1.54, 1.807) is 25.4 Å². The number of aromatic nitrogens is 4. The number of benzene rings is 1. The monoisotopic (exact) mass is 459 g/mol. The summed E-state index contributed by atoms with van der Waals surface area (Å²) in [7, 11) is 0. The molecule has 0 radical (unpaired) electrons. The summed E-state index contributed by atoms with van der Waals surface area (Å²) < 4.78 is 17.6. The lowest BCUT2D eigenvalue weighted by atomic mass is 10.2. The molecule has 1 aromatic carbocycles. The van der Waals surface area contributed by atoms with Crippen LogP contribution >= 0.6 is 39.1 Å². The zero-order valence-electron chi connectivity index (χ0n) is 13.5. The Morgan fingerprint density at radius 3 is 2.77 bits per heavy atom. The smallest absolute Gasteiger partial charge is 0.250 e. The van der Waals surface area contributed by atoms with E-state index < -0.39 is 11.9 Å². The fourth-order valence-electron chi connectivity index (χ4n) is 2.28. The van der Waals surface area contributed by atoms with Crippen LogP contribution in [0.1, 0.15) is 18.5 Å². The normalized spacial score (nSPS) is 12.2. The molecule has 0 fully saturated rings. The van der Waals surface area contributed by atoms with Crippen molar-refractivity contribution in [3.05, 3.63) is 62.7 Å². The molecule has 3 rings (SSSR count). The van der Waals surface area contributed by atoms with Gasteiger partial charge in [-0.15, -0.1) is 0 Å². The van der Waals surface area contributed by atoms with Gasteiger partial charge in [-0.2, -0.15) is 10.2 Å². The van der Waals surface area contributed by atoms with Gasteiger partial charge in [-0.1, -0.05) is 29.3 Å². The molecule has 1 unspecified atom stereocenters. The van der Waals surface area contributed by atoms with Crippen LogP contribution in [-0.2, 0) is 11.3 Å². The minimum atomic E-state index is -0.566. The summed E-state index contributed by atoms with van der Waals surface area (Å²) >= 11 is 15.4. The van der Waals surface area contributed by atoms with E-state index in [1.807, 2.05) is 0 Å². The summed E-state index contributed by atoms with van der Waals surface area (Å²) in [5.74, 6) is -0.591. The van der Waals surface area contributed by atoms with Crippen molar-refractivity contribution >= 4 is 50.9 Å². The SMILES string of the molecule is CC(C(=O)Nc1nn(Cc2c(F)cccc2Cl)cc1Cl)n1cc(Br)cn1. The average Bonchev–Trinajstić information content (AvgIpc) is 3.16. The van der Waals surface area contributed by atoms with Crippen molar-refractivity contribution in [2.75, 3.05) is 5.32 Å². The Hall–Kier alpha value is -1.90. The van der Waals surface area contributed by atoms with Gasteiger partial charge in [0.05, 0.1) is 17.2 Å². The van der Waals surface area contributed by atoms with Crippen LogP contribution in [0.3, 0.4) is 0 Å². The van der Waals surface area contributed by atoms with Crippen LogP contribution in [-0.4, -0.2) is 25.5 Å². The molecular formula is C16H13BrCl2FN5O. The molecule has 0 aliphatic rings. The molecule has 6 nitrogen and oxygen atoms in total. The van der Waals surface area contributed by atoms with Gasteiger partial charge in [0.25, 0.3) is 0 Å². The van der Waals surface area contributed by atoms with Gasteiger partial charge in [0, 0.05) is 23.0 Å². The molecule has 1 atom stereocenters. The van der Waals surface area contributed by atoms with Crippen molar-refractivity contribution in [1.29, 1.82) is 0 Å². The molecule has 1 N–H and O–H groups in total. The minimum absolute atomic E-state index is 0.0861. The summed E-state index contributed by atoms with van der Waals surface area (Å²) in [5.41, 5.74) is 0.293. The number of nitrogens with zero attached hydrogens (tertiary/aromatic N) is 4. The second-order valence-electron chi connectivity index (χ2n) is 5.53. The Morgan fingerprint density at radius 1 is 1.35 bits per heavy atom. The lowest BCUT2D eigenvalue weighted by Gasteiger charge is -2.11. The van der Waals surface area contributed by atoms with E-state index in [0.717, 1.165) is 4.47 Å². The fraction of sp³-hybridized carbons (Fsp3) is 0.188. The highest BCUT2D eigenvalue weighted by molar-refractivity contribution is 9.10. The maximum Gasteiger partial charge on any atom is 0.250 e. The molecule has 2 heterocycles. The topological polar surface area (TPSA) is 64.7 Å². The van der Waals surface area contributed by atoms with Gasteiger partial charge in [0.2, 0.25) is 5.91 Å². The number of carbonyl (C=O) groups excluding carboxylic acids is 1. The summed E-state index contributed by atoms with van der Waals surface area (Å²) in [6.45, 7) is 1.78. The fourth-order valence-corrected chi connectivity index (χ4v) is 3.00. The van der Waals surface area contributed by atoms with E-state index in [1.165, 1.54) is 27.7 Å². The Balaban J connectivity index is 1.75. The maximum atomic E-state index is 13.9. The first-order valence-electron chi connectivity index (χ1n) is 7.51. The van der Waals surface area contributed by atoms with E-state index in [0.29, 0.717) is 10.6 Å². The molecule has 10 heteroatoms. The number of anilines is 1. The first kappa shape index (κ1) is 18.9. The van der Waals surface area contributed by atoms with Crippen LogP contribution in [0, 0.1) is 5.82 Å². The van der Waals surface area contributed by atoms with E-state index in [9.17, 15) is 9.18 Å². The van der Waals surface area contributed by atoms with Gasteiger partial charge in [0.15, 0.2) is 5.82 Å². The number of rotatable bonds is 5.